The molecule has 1 rings (SSSR count). The van der Waals surface area contributed by atoms with Gasteiger partial charge in [-0.1, -0.05) is 26.8 Å². The average molecular weight is 223 g/mol. The Morgan fingerprint density at radius 3 is 2.50 bits per heavy atom. The van der Waals surface area contributed by atoms with Crippen molar-refractivity contribution in [2.45, 2.75) is 40.2 Å². The van der Waals surface area contributed by atoms with Gasteiger partial charge in [0, 0.05) is 6.04 Å². The number of halogens is 1. The maximum Gasteiger partial charge on any atom is 0.123 e. The van der Waals surface area contributed by atoms with E-state index in [0.717, 1.165) is 18.5 Å². The Morgan fingerprint density at radius 2 is 2.00 bits per heavy atom. The lowest BCUT2D eigenvalue weighted by Crippen LogP contribution is -2.23. The molecular weight excluding hydrogens is 201 g/mol. The summed E-state index contributed by atoms with van der Waals surface area (Å²) in [5.41, 5.74) is 2.25. The Hall–Kier alpha value is -0.890. The van der Waals surface area contributed by atoms with E-state index >= 15 is 0 Å². The summed E-state index contributed by atoms with van der Waals surface area (Å²) in [7, 11) is 0. The molecule has 0 saturated heterocycles. The van der Waals surface area contributed by atoms with Gasteiger partial charge in [0.25, 0.3) is 0 Å². The quantitative estimate of drug-likeness (QED) is 0.800. The highest BCUT2D eigenvalue weighted by Gasteiger charge is 2.14. The summed E-state index contributed by atoms with van der Waals surface area (Å²) in [6, 6.07) is 5.40. The van der Waals surface area contributed by atoms with Crippen molar-refractivity contribution in [3.8, 4) is 0 Å². The number of hydrogen-bond acceptors (Lipinski definition) is 1. The highest BCUT2D eigenvalue weighted by molar-refractivity contribution is 5.29. The highest BCUT2D eigenvalue weighted by atomic mass is 19.1. The lowest BCUT2D eigenvalue weighted by molar-refractivity contribution is 0.436. The van der Waals surface area contributed by atoms with E-state index in [1.54, 1.807) is 12.1 Å². The van der Waals surface area contributed by atoms with Crippen molar-refractivity contribution < 1.29 is 4.39 Å². The molecule has 2 heteroatoms. The third-order valence-electron chi connectivity index (χ3n) is 2.76. The van der Waals surface area contributed by atoms with Gasteiger partial charge < -0.3 is 5.32 Å². The molecule has 0 spiro atoms. The second-order valence-electron chi connectivity index (χ2n) is 4.74. The van der Waals surface area contributed by atoms with Gasteiger partial charge in [0.15, 0.2) is 0 Å². The first-order valence-corrected chi connectivity index (χ1v) is 6.04. The van der Waals surface area contributed by atoms with Crippen molar-refractivity contribution in [3.05, 3.63) is 35.1 Å². The lowest BCUT2D eigenvalue weighted by atomic mass is 9.94. The zero-order valence-electron chi connectivity index (χ0n) is 10.7. The Labute approximate surface area is 98.1 Å². The van der Waals surface area contributed by atoms with E-state index in [1.807, 2.05) is 13.0 Å². The third kappa shape index (κ3) is 3.60. The number of hydrogen-bond donors (Lipinski definition) is 1. The molecule has 0 aliphatic heterocycles. The van der Waals surface area contributed by atoms with Crippen molar-refractivity contribution in [2.75, 3.05) is 6.54 Å². The van der Waals surface area contributed by atoms with Crippen molar-refractivity contribution in [2.24, 2.45) is 5.92 Å². The van der Waals surface area contributed by atoms with E-state index in [1.165, 1.54) is 5.56 Å². The summed E-state index contributed by atoms with van der Waals surface area (Å²) < 4.78 is 13.0. The molecule has 0 radical (unpaired) electrons. The van der Waals surface area contributed by atoms with E-state index in [2.05, 4.69) is 26.1 Å². The van der Waals surface area contributed by atoms with Crippen LogP contribution in [0.5, 0.6) is 0 Å². The van der Waals surface area contributed by atoms with Crippen LogP contribution in [0.15, 0.2) is 18.2 Å². The molecule has 16 heavy (non-hydrogen) atoms. The first-order chi connectivity index (χ1) is 7.54. The first kappa shape index (κ1) is 13.2. The van der Waals surface area contributed by atoms with Crippen LogP contribution in [-0.4, -0.2) is 6.54 Å². The molecule has 1 atom stereocenters. The van der Waals surface area contributed by atoms with Crippen LogP contribution in [0.1, 0.15) is 44.4 Å². The fourth-order valence-electron chi connectivity index (χ4n) is 2.07. The van der Waals surface area contributed by atoms with Crippen LogP contribution in [0.4, 0.5) is 4.39 Å². The second-order valence-corrected chi connectivity index (χ2v) is 4.74. The van der Waals surface area contributed by atoms with Gasteiger partial charge in [-0.3, -0.25) is 0 Å². The van der Waals surface area contributed by atoms with E-state index in [9.17, 15) is 4.39 Å². The monoisotopic (exact) mass is 223 g/mol. The largest absolute Gasteiger partial charge is 0.310 e. The molecule has 1 aromatic carbocycles. The van der Waals surface area contributed by atoms with Crippen LogP contribution in [0, 0.1) is 18.7 Å². The normalized spacial score (nSPS) is 13.1. The fourth-order valence-corrected chi connectivity index (χ4v) is 2.07. The Balaban J connectivity index is 2.91. The van der Waals surface area contributed by atoms with Crippen LogP contribution < -0.4 is 5.32 Å². The summed E-state index contributed by atoms with van der Waals surface area (Å²) in [4.78, 5) is 0. The van der Waals surface area contributed by atoms with Crippen LogP contribution >= 0.6 is 0 Å². The van der Waals surface area contributed by atoms with Gasteiger partial charge >= 0.3 is 0 Å². The van der Waals surface area contributed by atoms with Crippen molar-refractivity contribution in [1.82, 2.24) is 5.32 Å². The smallest absolute Gasteiger partial charge is 0.123 e. The van der Waals surface area contributed by atoms with E-state index in [4.69, 9.17) is 0 Å². The SMILES string of the molecule is CCNC(CC(C)C)c1ccc(F)cc1C. The number of aryl methyl sites for hydroxylation is 1. The van der Waals surface area contributed by atoms with Crippen molar-refractivity contribution in [1.29, 1.82) is 0 Å². The standard InChI is InChI=1S/C14H22FN/c1-5-16-14(8-10(2)3)13-7-6-12(15)9-11(13)4/h6-7,9-10,14,16H,5,8H2,1-4H3. The number of benzene rings is 1. The summed E-state index contributed by atoms with van der Waals surface area (Å²) >= 11 is 0. The molecule has 0 fully saturated rings. The summed E-state index contributed by atoms with van der Waals surface area (Å²) in [6.07, 6.45) is 1.08. The van der Waals surface area contributed by atoms with Crippen LogP contribution in [0.3, 0.4) is 0 Å². The van der Waals surface area contributed by atoms with Gasteiger partial charge in [-0.05, 0) is 49.1 Å². The van der Waals surface area contributed by atoms with E-state index in [0.29, 0.717) is 12.0 Å². The zero-order chi connectivity index (χ0) is 12.1. The number of nitrogens with one attached hydrogen (secondary N) is 1. The highest BCUT2D eigenvalue weighted by Crippen LogP contribution is 2.24. The average Bonchev–Trinajstić information content (AvgIpc) is 2.16. The molecule has 1 nitrogen and oxygen atoms in total. The zero-order valence-corrected chi connectivity index (χ0v) is 10.7. The Kier molecular flexibility index (Phi) is 4.94. The van der Waals surface area contributed by atoms with Crippen LogP contribution in [0.2, 0.25) is 0 Å². The summed E-state index contributed by atoms with van der Waals surface area (Å²) in [5, 5.41) is 3.47. The predicted molar refractivity (Wildman–Crippen MR) is 67.0 cm³/mol. The lowest BCUT2D eigenvalue weighted by Gasteiger charge is -2.22. The Bertz CT molecular complexity index is 334. The second kappa shape index (κ2) is 6.00. The molecule has 0 bridgehead atoms. The minimum atomic E-state index is -0.152. The van der Waals surface area contributed by atoms with Gasteiger partial charge in [0.2, 0.25) is 0 Å². The Morgan fingerprint density at radius 1 is 1.31 bits per heavy atom. The molecular formula is C14H22FN. The van der Waals surface area contributed by atoms with Gasteiger partial charge in [-0.15, -0.1) is 0 Å². The summed E-state index contributed by atoms with van der Waals surface area (Å²) in [6.45, 7) is 9.44. The molecule has 1 aromatic rings. The van der Waals surface area contributed by atoms with Crippen LogP contribution in [-0.2, 0) is 0 Å². The molecule has 0 saturated carbocycles. The predicted octanol–water partition coefficient (Wildman–Crippen LogP) is 3.83. The summed E-state index contributed by atoms with van der Waals surface area (Å²) in [5.74, 6) is 0.481. The maximum absolute atomic E-state index is 13.0. The molecule has 1 unspecified atom stereocenters. The molecule has 0 amide bonds. The minimum absolute atomic E-state index is 0.152. The van der Waals surface area contributed by atoms with E-state index < -0.39 is 0 Å². The van der Waals surface area contributed by atoms with Gasteiger partial charge in [-0.25, -0.2) is 4.39 Å². The van der Waals surface area contributed by atoms with Gasteiger partial charge in [0.05, 0.1) is 0 Å². The molecule has 0 aliphatic carbocycles. The third-order valence-corrected chi connectivity index (χ3v) is 2.76. The van der Waals surface area contributed by atoms with E-state index in [-0.39, 0.29) is 5.82 Å². The topological polar surface area (TPSA) is 12.0 Å². The van der Waals surface area contributed by atoms with Gasteiger partial charge in [0.1, 0.15) is 5.82 Å². The van der Waals surface area contributed by atoms with Crippen molar-refractivity contribution >= 4 is 0 Å². The maximum atomic E-state index is 13.0. The minimum Gasteiger partial charge on any atom is -0.310 e. The molecule has 90 valence electrons. The van der Waals surface area contributed by atoms with Crippen LogP contribution in [0.25, 0.3) is 0 Å². The molecule has 0 aromatic heterocycles. The fraction of sp³-hybridized carbons (Fsp3) is 0.571. The van der Waals surface area contributed by atoms with Gasteiger partial charge in [-0.2, -0.15) is 0 Å². The van der Waals surface area contributed by atoms with Crippen molar-refractivity contribution in [3.63, 3.8) is 0 Å². The molecule has 1 N–H and O–H groups in total. The first-order valence-electron chi connectivity index (χ1n) is 6.04. The molecule has 0 heterocycles. The molecule has 0 aliphatic rings. The number of rotatable bonds is 5.